The number of rotatable bonds is 0. The lowest BCUT2D eigenvalue weighted by Crippen LogP contribution is -2.14. The van der Waals surface area contributed by atoms with Crippen LogP contribution in [0, 0.1) is 0 Å². The van der Waals surface area contributed by atoms with E-state index in [1.807, 2.05) is 13.0 Å². The molecule has 7 heavy (non-hydrogen) atoms. The smallest absolute Gasteiger partial charge is 0.543 e. The molecule has 0 spiro atoms. The molecule has 1 atom stereocenters. The lowest BCUT2D eigenvalue weighted by Gasteiger charge is -2.10. The molecular formula is C4H6BO2. The van der Waals surface area contributed by atoms with Gasteiger partial charge in [0.15, 0.2) is 0 Å². The van der Waals surface area contributed by atoms with Crippen LogP contribution in [0.2, 0.25) is 0 Å². The van der Waals surface area contributed by atoms with Crippen LogP contribution in [-0.2, 0) is 9.31 Å². The summed E-state index contributed by atoms with van der Waals surface area (Å²) in [5.41, 5.74) is 0. The minimum atomic E-state index is 0.175. The molecule has 1 heterocycles. The molecule has 0 aromatic carbocycles. The van der Waals surface area contributed by atoms with Crippen molar-refractivity contribution in [3.8, 4) is 0 Å². The standard InChI is InChI=1S/C4H6BO2/c1-4-2-3-6-5-7-4/h2-4H,1H3. The fourth-order valence-corrected chi connectivity index (χ4v) is 0.353. The quantitative estimate of drug-likeness (QED) is 0.409. The van der Waals surface area contributed by atoms with Crippen LogP contribution < -0.4 is 0 Å². The molecule has 3 heteroatoms. The third kappa shape index (κ3) is 1.24. The van der Waals surface area contributed by atoms with E-state index in [0.717, 1.165) is 0 Å². The van der Waals surface area contributed by atoms with Crippen LogP contribution in [0.1, 0.15) is 6.92 Å². The highest BCUT2D eigenvalue weighted by atomic mass is 16.6. The van der Waals surface area contributed by atoms with Gasteiger partial charge in [-0.25, -0.2) is 0 Å². The highest BCUT2D eigenvalue weighted by molar-refractivity contribution is 6.18. The Kier molecular flexibility index (Phi) is 1.37. The van der Waals surface area contributed by atoms with Crippen molar-refractivity contribution in [1.82, 2.24) is 0 Å². The molecule has 0 aromatic rings. The van der Waals surface area contributed by atoms with Crippen LogP contribution in [0.5, 0.6) is 0 Å². The number of hydrogen-bond donors (Lipinski definition) is 0. The molecule has 1 aliphatic heterocycles. The van der Waals surface area contributed by atoms with Crippen molar-refractivity contribution in [2.24, 2.45) is 0 Å². The molecule has 1 rings (SSSR count). The average Bonchev–Trinajstić information content (AvgIpc) is 1.69. The van der Waals surface area contributed by atoms with E-state index in [9.17, 15) is 0 Å². The van der Waals surface area contributed by atoms with E-state index >= 15 is 0 Å². The summed E-state index contributed by atoms with van der Waals surface area (Å²) in [4.78, 5) is 0. The van der Waals surface area contributed by atoms with E-state index in [1.165, 1.54) is 7.69 Å². The molecule has 2 nitrogen and oxygen atoms in total. The zero-order valence-corrected chi connectivity index (χ0v) is 4.13. The lowest BCUT2D eigenvalue weighted by atomic mass is 10.3. The van der Waals surface area contributed by atoms with Crippen LogP contribution in [-0.4, -0.2) is 13.8 Å². The molecule has 0 saturated heterocycles. The van der Waals surface area contributed by atoms with Crippen molar-refractivity contribution in [2.75, 3.05) is 0 Å². The molecule has 0 bridgehead atoms. The Balaban J connectivity index is 2.36. The maximum Gasteiger partial charge on any atom is 0.572 e. The second-order valence-corrected chi connectivity index (χ2v) is 1.40. The fourth-order valence-electron chi connectivity index (χ4n) is 0.353. The monoisotopic (exact) mass is 97.0 g/mol. The van der Waals surface area contributed by atoms with Gasteiger partial charge in [-0.05, 0) is 13.0 Å². The Morgan fingerprint density at radius 2 is 2.57 bits per heavy atom. The normalized spacial score (nSPS) is 28.4. The van der Waals surface area contributed by atoms with Crippen LogP contribution in [0.3, 0.4) is 0 Å². The topological polar surface area (TPSA) is 18.5 Å². The predicted molar refractivity (Wildman–Crippen MR) is 26.5 cm³/mol. The van der Waals surface area contributed by atoms with Crippen molar-refractivity contribution in [3.63, 3.8) is 0 Å². The van der Waals surface area contributed by atoms with Gasteiger partial charge >= 0.3 is 7.69 Å². The minimum Gasteiger partial charge on any atom is -0.543 e. The Bertz CT molecular complexity index is 81.8. The van der Waals surface area contributed by atoms with Crippen LogP contribution >= 0.6 is 0 Å². The number of hydrogen-bond acceptors (Lipinski definition) is 2. The first-order valence-electron chi connectivity index (χ1n) is 2.19. The Morgan fingerprint density at radius 1 is 1.71 bits per heavy atom. The Morgan fingerprint density at radius 3 is 2.86 bits per heavy atom. The van der Waals surface area contributed by atoms with E-state index in [2.05, 4.69) is 4.65 Å². The van der Waals surface area contributed by atoms with E-state index in [1.54, 1.807) is 6.26 Å². The van der Waals surface area contributed by atoms with E-state index in [-0.39, 0.29) is 6.10 Å². The SMILES string of the molecule is CC1C=CO[B]O1. The summed E-state index contributed by atoms with van der Waals surface area (Å²) in [6, 6.07) is 0. The minimum absolute atomic E-state index is 0.175. The van der Waals surface area contributed by atoms with Gasteiger partial charge in [0.2, 0.25) is 0 Å². The summed E-state index contributed by atoms with van der Waals surface area (Å²) in [7, 11) is 1.32. The zero-order chi connectivity index (χ0) is 5.11. The first-order valence-corrected chi connectivity index (χ1v) is 2.19. The van der Waals surface area contributed by atoms with E-state index < -0.39 is 0 Å². The molecule has 0 fully saturated rings. The fraction of sp³-hybridized carbons (Fsp3) is 0.500. The predicted octanol–water partition coefficient (Wildman–Crippen LogP) is 0.470. The summed E-state index contributed by atoms with van der Waals surface area (Å²) >= 11 is 0. The van der Waals surface area contributed by atoms with Gasteiger partial charge in [0.05, 0.1) is 12.4 Å². The summed E-state index contributed by atoms with van der Waals surface area (Å²) in [5, 5.41) is 0. The highest BCUT2D eigenvalue weighted by Crippen LogP contribution is 1.96. The summed E-state index contributed by atoms with van der Waals surface area (Å²) < 4.78 is 9.46. The average molecular weight is 96.9 g/mol. The first kappa shape index (κ1) is 4.72. The van der Waals surface area contributed by atoms with Crippen molar-refractivity contribution in [3.05, 3.63) is 12.3 Å². The Labute approximate surface area is 43.4 Å². The molecule has 0 amide bonds. The zero-order valence-electron chi connectivity index (χ0n) is 4.13. The molecule has 0 saturated carbocycles. The third-order valence-corrected chi connectivity index (χ3v) is 0.754. The van der Waals surface area contributed by atoms with Gasteiger partial charge in [0, 0.05) is 0 Å². The molecular weight excluding hydrogens is 90.9 g/mol. The molecule has 0 N–H and O–H groups in total. The maximum atomic E-state index is 4.84. The van der Waals surface area contributed by atoms with Crippen molar-refractivity contribution in [1.29, 1.82) is 0 Å². The van der Waals surface area contributed by atoms with Gasteiger partial charge in [-0.1, -0.05) is 0 Å². The summed E-state index contributed by atoms with van der Waals surface area (Å²) in [6.45, 7) is 1.94. The van der Waals surface area contributed by atoms with Crippen LogP contribution in [0.15, 0.2) is 12.3 Å². The van der Waals surface area contributed by atoms with Gasteiger partial charge in [0.25, 0.3) is 0 Å². The second kappa shape index (κ2) is 2.03. The van der Waals surface area contributed by atoms with Crippen molar-refractivity contribution >= 4 is 7.69 Å². The highest BCUT2D eigenvalue weighted by Gasteiger charge is 2.03. The maximum absolute atomic E-state index is 4.84. The van der Waals surface area contributed by atoms with Crippen LogP contribution in [0.25, 0.3) is 0 Å². The van der Waals surface area contributed by atoms with Crippen molar-refractivity contribution in [2.45, 2.75) is 13.0 Å². The third-order valence-electron chi connectivity index (χ3n) is 0.754. The van der Waals surface area contributed by atoms with Crippen molar-refractivity contribution < 1.29 is 9.31 Å². The lowest BCUT2D eigenvalue weighted by molar-refractivity contribution is 0.212. The molecule has 0 aromatic heterocycles. The largest absolute Gasteiger partial charge is 0.572 e. The van der Waals surface area contributed by atoms with E-state index in [4.69, 9.17) is 4.65 Å². The Hall–Kier alpha value is -0.435. The van der Waals surface area contributed by atoms with Gasteiger partial charge in [-0.15, -0.1) is 0 Å². The van der Waals surface area contributed by atoms with Gasteiger partial charge < -0.3 is 9.31 Å². The van der Waals surface area contributed by atoms with E-state index in [0.29, 0.717) is 0 Å². The molecule has 1 radical (unpaired) electrons. The van der Waals surface area contributed by atoms with Gasteiger partial charge in [-0.3, -0.25) is 0 Å². The summed E-state index contributed by atoms with van der Waals surface area (Å²) in [6.07, 6.45) is 3.61. The summed E-state index contributed by atoms with van der Waals surface area (Å²) in [5.74, 6) is 0. The second-order valence-electron chi connectivity index (χ2n) is 1.40. The molecule has 1 aliphatic rings. The van der Waals surface area contributed by atoms with Gasteiger partial charge in [-0.2, -0.15) is 0 Å². The van der Waals surface area contributed by atoms with Gasteiger partial charge in [0.1, 0.15) is 0 Å². The molecule has 37 valence electrons. The molecule has 1 unspecified atom stereocenters. The molecule has 0 aliphatic carbocycles. The first-order chi connectivity index (χ1) is 3.39. The van der Waals surface area contributed by atoms with Crippen LogP contribution in [0.4, 0.5) is 0 Å².